The summed E-state index contributed by atoms with van der Waals surface area (Å²) in [5.74, 6) is 0.254. The molecule has 0 fully saturated rings. The maximum Gasteiger partial charge on any atom is 0.416 e. The van der Waals surface area contributed by atoms with Crippen molar-refractivity contribution in [2.75, 3.05) is 13.1 Å². The molecular formula is C13H16F3NO2. The number of nitrogens with one attached hydrogen (secondary N) is 1. The monoisotopic (exact) mass is 275 g/mol. The van der Waals surface area contributed by atoms with E-state index in [1.165, 1.54) is 6.07 Å². The Bertz CT molecular complexity index is 434. The Hall–Kier alpha value is -1.27. The van der Waals surface area contributed by atoms with Gasteiger partial charge in [-0.3, -0.25) is 0 Å². The van der Waals surface area contributed by atoms with Crippen LogP contribution in [0, 0.1) is 0 Å². The predicted molar refractivity (Wildman–Crippen MR) is 63.8 cm³/mol. The van der Waals surface area contributed by atoms with Crippen molar-refractivity contribution < 1.29 is 22.6 Å². The number of hydrogen-bond donors (Lipinski definition) is 1. The summed E-state index contributed by atoms with van der Waals surface area (Å²) in [5.41, 5.74) is -0.0619. The molecule has 0 bridgehead atoms. The molecule has 2 rings (SSSR count). The molecule has 0 aromatic heterocycles. The second-order valence-electron chi connectivity index (χ2n) is 4.38. The summed E-state index contributed by atoms with van der Waals surface area (Å²) in [4.78, 5) is 0. The fourth-order valence-electron chi connectivity index (χ4n) is 1.82. The molecule has 1 unspecified atom stereocenters. The SMILES string of the molecule is CCCNCC1OCc2ccc(C(F)(F)F)cc2O1. The van der Waals surface area contributed by atoms with Gasteiger partial charge in [0.05, 0.1) is 18.7 Å². The topological polar surface area (TPSA) is 30.5 Å². The summed E-state index contributed by atoms with van der Waals surface area (Å²) < 4.78 is 48.7. The van der Waals surface area contributed by atoms with Crippen molar-refractivity contribution in [1.82, 2.24) is 5.32 Å². The Labute approximate surface area is 109 Å². The van der Waals surface area contributed by atoms with Crippen LogP contribution in [-0.2, 0) is 17.5 Å². The van der Waals surface area contributed by atoms with Gasteiger partial charge in [0.2, 0.25) is 6.29 Å². The van der Waals surface area contributed by atoms with E-state index in [2.05, 4.69) is 5.32 Å². The fourth-order valence-corrected chi connectivity index (χ4v) is 1.82. The molecular weight excluding hydrogens is 259 g/mol. The first kappa shape index (κ1) is 14.1. The molecule has 0 saturated carbocycles. The van der Waals surface area contributed by atoms with Crippen molar-refractivity contribution >= 4 is 0 Å². The molecule has 1 N–H and O–H groups in total. The molecule has 0 saturated heterocycles. The minimum Gasteiger partial charge on any atom is -0.463 e. The van der Waals surface area contributed by atoms with Crippen LogP contribution >= 0.6 is 0 Å². The minimum absolute atomic E-state index is 0.254. The number of alkyl halides is 3. The van der Waals surface area contributed by atoms with Crippen molar-refractivity contribution in [3.05, 3.63) is 29.3 Å². The van der Waals surface area contributed by atoms with Crippen LogP contribution in [0.15, 0.2) is 18.2 Å². The van der Waals surface area contributed by atoms with Crippen molar-refractivity contribution in [2.45, 2.75) is 32.4 Å². The van der Waals surface area contributed by atoms with Crippen LogP contribution in [0.1, 0.15) is 24.5 Å². The first-order chi connectivity index (χ1) is 9.00. The zero-order chi connectivity index (χ0) is 13.9. The third-order valence-electron chi connectivity index (χ3n) is 2.82. The quantitative estimate of drug-likeness (QED) is 0.857. The standard InChI is InChI=1S/C13H16F3NO2/c1-2-5-17-7-12-18-8-9-3-4-10(13(14,15)16)6-11(9)19-12/h3-4,6,12,17H,2,5,7-8H2,1H3. The average molecular weight is 275 g/mol. The summed E-state index contributed by atoms with van der Waals surface area (Å²) in [7, 11) is 0. The number of ether oxygens (including phenoxy) is 2. The normalized spacial score (nSPS) is 18.8. The van der Waals surface area contributed by atoms with Crippen LogP contribution in [-0.4, -0.2) is 19.4 Å². The summed E-state index contributed by atoms with van der Waals surface area (Å²) in [6.07, 6.45) is -3.92. The molecule has 0 amide bonds. The third kappa shape index (κ3) is 3.61. The highest BCUT2D eigenvalue weighted by Crippen LogP contribution is 2.35. The van der Waals surface area contributed by atoms with Gasteiger partial charge in [-0.2, -0.15) is 13.2 Å². The van der Waals surface area contributed by atoms with Crippen LogP contribution in [0.3, 0.4) is 0 Å². The van der Waals surface area contributed by atoms with E-state index in [0.717, 1.165) is 25.1 Å². The predicted octanol–water partition coefficient (Wildman–Crippen LogP) is 2.94. The molecule has 0 aliphatic carbocycles. The number of fused-ring (bicyclic) bond motifs is 1. The molecule has 0 radical (unpaired) electrons. The Morgan fingerprint density at radius 1 is 1.37 bits per heavy atom. The molecule has 0 spiro atoms. The molecule has 3 nitrogen and oxygen atoms in total. The van der Waals surface area contributed by atoms with Gasteiger partial charge in [-0.25, -0.2) is 0 Å². The smallest absolute Gasteiger partial charge is 0.416 e. The van der Waals surface area contributed by atoms with E-state index in [0.29, 0.717) is 12.1 Å². The van der Waals surface area contributed by atoms with Crippen LogP contribution in [0.4, 0.5) is 13.2 Å². The highest BCUT2D eigenvalue weighted by Gasteiger charge is 2.32. The summed E-state index contributed by atoms with van der Waals surface area (Å²) in [5, 5.41) is 3.11. The van der Waals surface area contributed by atoms with Crippen LogP contribution in [0.2, 0.25) is 0 Å². The van der Waals surface area contributed by atoms with E-state index in [1.807, 2.05) is 6.92 Å². The van der Waals surface area contributed by atoms with Gasteiger partial charge in [0, 0.05) is 5.56 Å². The Morgan fingerprint density at radius 2 is 2.16 bits per heavy atom. The van der Waals surface area contributed by atoms with E-state index < -0.39 is 18.0 Å². The summed E-state index contributed by atoms with van der Waals surface area (Å²) in [6.45, 7) is 3.58. The van der Waals surface area contributed by atoms with E-state index in [9.17, 15) is 13.2 Å². The van der Waals surface area contributed by atoms with E-state index in [1.54, 1.807) is 0 Å². The van der Waals surface area contributed by atoms with Gasteiger partial charge in [-0.15, -0.1) is 0 Å². The van der Waals surface area contributed by atoms with E-state index >= 15 is 0 Å². The first-order valence-electron chi connectivity index (χ1n) is 6.20. The molecule has 106 valence electrons. The lowest BCUT2D eigenvalue weighted by molar-refractivity contribution is -0.138. The number of hydrogen-bond acceptors (Lipinski definition) is 3. The molecule has 1 aromatic rings. The molecule has 1 atom stereocenters. The van der Waals surface area contributed by atoms with Crippen LogP contribution < -0.4 is 10.1 Å². The molecule has 1 aromatic carbocycles. The molecule has 1 aliphatic rings. The minimum atomic E-state index is -4.35. The lowest BCUT2D eigenvalue weighted by Gasteiger charge is -2.27. The summed E-state index contributed by atoms with van der Waals surface area (Å²) >= 11 is 0. The van der Waals surface area contributed by atoms with Crippen molar-refractivity contribution in [2.24, 2.45) is 0 Å². The third-order valence-corrected chi connectivity index (χ3v) is 2.82. The first-order valence-corrected chi connectivity index (χ1v) is 6.20. The van der Waals surface area contributed by atoms with E-state index in [-0.39, 0.29) is 12.4 Å². The van der Waals surface area contributed by atoms with Gasteiger partial charge in [0.25, 0.3) is 0 Å². The van der Waals surface area contributed by atoms with Gasteiger partial charge >= 0.3 is 6.18 Å². The van der Waals surface area contributed by atoms with E-state index in [4.69, 9.17) is 9.47 Å². The Morgan fingerprint density at radius 3 is 2.84 bits per heavy atom. The maximum atomic E-state index is 12.6. The second kappa shape index (κ2) is 5.79. The van der Waals surface area contributed by atoms with Crippen LogP contribution in [0.5, 0.6) is 5.75 Å². The van der Waals surface area contributed by atoms with Gasteiger partial charge in [-0.1, -0.05) is 13.0 Å². The number of rotatable bonds is 4. The van der Waals surface area contributed by atoms with Crippen molar-refractivity contribution in [3.63, 3.8) is 0 Å². The zero-order valence-corrected chi connectivity index (χ0v) is 10.6. The maximum absolute atomic E-state index is 12.6. The number of benzene rings is 1. The number of halogens is 3. The lowest BCUT2D eigenvalue weighted by Crippen LogP contribution is -2.36. The largest absolute Gasteiger partial charge is 0.463 e. The second-order valence-corrected chi connectivity index (χ2v) is 4.38. The van der Waals surface area contributed by atoms with Gasteiger partial charge in [0.1, 0.15) is 5.75 Å². The Kier molecular flexibility index (Phi) is 4.31. The molecule has 6 heteroatoms. The lowest BCUT2D eigenvalue weighted by atomic mass is 10.1. The highest BCUT2D eigenvalue weighted by atomic mass is 19.4. The molecule has 19 heavy (non-hydrogen) atoms. The molecule has 1 aliphatic heterocycles. The van der Waals surface area contributed by atoms with Gasteiger partial charge in [-0.05, 0) is 25.1 Å². The van der Waals surface area contributed by atoms with Crippen molar-refractivity contribution in [1.29, 1.82) is 0 Å². The molecule has 1 heterocycles. The summed E-state index contributed by atoms with van der Waals surface area (Å²) in [6, 6.07) is 3.47. The van der Waals surface area contributed by atoms with Gasteiger partial charge in [0.15, 0.2) is 0 Å². The van der Waals surface area contributed by atoms with Crippen molar-refractivity contribution in [3.8, 4) is 5.75 Å². The Balaban J connectivity index is 2.06. The zero-order valence-electron chi connectivity index (χ0n) is 10.6. The highest BCUT2D eigenvalue weighted by molar-refractivity contribution is 5.39. The fraction of sp³-hybridized carbons (Fsp3) is 0.538. The average Bonchev–Trinajstić information content (AvgIpc) is 2.37. The van der Waals surface area contributed by atoms with Crippen LogP contribution in [0.25, 0.3) is 0 Å². The van der Waals surface area contributed by atoms with Gasteiger partial charge < -0.3 is 14.8 Å².